The van der Waals surface area contributed by atoms with E-state index in [4.69, 9.17) is 5.73 Å². The van der Waals surface area contributed by atoms with Crippen LogP contribution in [0.5, 0.6) is 0 Å². The van der Waals surface area contributed by atoms with Crippen LogP contribution < -0.4 is 5.73 Å². The van der Waals surface area contributed by atoms with E-state index in [-0.39, 0.29) is 6.04 Å². The van der Waals surface area contributed by atoms with E-state index in [2.05, 4.69) is 21.0 Å². The highest BCUT2D eigenvalue weighted by molar-refractivity contribution is 9.10. The van der Waals surface area contributed by atoms with E-state index in [1.54, 1.807) is 18.2 Å². The van der Waals surface area contributed by atoms with Gasteiger partial charge < -0.3 is 5.73 Å². The highest BCUT2D eigenvalue weighted by Crippen LogP contribution is 2.30. The first-order chi connectivity index (χ1) is 8.79. The summed E-state index contributed by atoms with van der Waals surface area (Å²) in [6, 6.07) is 4.97. The molecule has 0 radical (unpaired) electrons. The van der Waals surface area contributed by atoms with Gasteiger partial charge in [0.15, 0.2) is 0 Å². The lowest BCUT2D eigenvalue weighted by Gasteiger charge is -2.10. The molecule has 102 valence electrons. The number of halogens is 4. The molecule has 1 aromatic carbocycles. The van der Waals surface area contributed by atoms with E-state index in [1.165, 1.54) is 4.68 Å². The van der Waals surface area contributed by atoms with Gasteiger partial charge in [-0.3, -0.25) is 0 Å². The molecule has 1 heterocycles. The number of nitrogens with zero attached hydrogens (tertiary/aromatic N) is 2. The summed E-state index contributed by atoms with van der Waals surface area (Å²) in [5.74, 6) is 0. The van der Waals surface area contributed by atoms with E-state index in [0.29, 0.717) is 5.69 Å². The molecular weight excluding hydrogens is 323 g/mol. The van der Waals surface area contributed by atoms with Gasteiger partial charge >= 0.3 is 6.18 Å². The van der Waals surface area contributed by atoms with Crippen LogP contribution in [0.25, 0.3) is 5.69 Å². The summed E-state index contributed by atoms with van der Waals surface area (Å²) in [5.41, 5.74) is 6.40. The van der Waals surface area contributed by atoms with Gasteiger partial charge in [-0.15, -0.1) is 0 Å². The van der Waals surface area contributed by atoms with Crippen LogP contribution in [0.3, 0.4) is 0 Å². The van der Waals surface area contributed by atoms with Crippen molar-refractivity contribution in [2.45, 2.75) is 19.1 Å². The monoisotopic (exact) mass is 333 g/mol. The molecule has 2 aromatic rings. The highest BCUT2D eigenvalue weighted by atomic mass is 79.9. The maximum atomic E-state index is 12.5. The van der Waals surface area contributed by atoms with Gasteiger partial charge in [0.2, 0.25) is 0 Å². The van der Waals surface area contributed by atoms with Gasteiger partial charge in [-0.05, 0) is 24.6 Å². The molecule has 1 atom stereocenters. The molecule has 0 aliphatic rings. The summed E-state index contributed by atoms with van der Waals surface area (Å²) in [5, 5.41) is 3.71. The van der Waals surface area contributed by atoms with E-state index in [0.717, 1.165) is 22.4 Å². The van der Waals surface area contributed by atoms with E-state index >= 15 is 0 Å². The minimum Gasteiger partial charge on any atom is -0.324 e. The van der Waals surface area contributed by atoms with Crippen LogP contribution in [-0.2, 0) is 6.18 Å². The number of hydrogen-bond donors (Lipinski definition) is 1. The van der Waals surface area contributed by atoms with E-state index in [9.17, 15) is 13.2 Å². The second-order valence-corrected chi connectivity index (χ2v) is 5.02. The molecule has 2 rings (SSSR count). The molecule has 0 bridgehead atoms. The molecule has 0 saturated carbocycles. The predicted octanol–water partition coefficient (Wildman–Crippen LogP) is 3.67. The number of hydrogen-bond acceptors (Lipinski definition) is 2. The second kappa shape index (κ2) is 4.97. The highest BCUT2D eigenvalue weighted by Gasteiger charge is 2.32. The predicted molar refractivity (Wildman–Crippen MR) is 68.9 cm³/mol. The third-order valence-corrected chi connectivity index (χ3v) is 3.34. The van der Waals surface area contributed by atoms with Gasteiger partial charge in [0, 0.05) is 16.7 Å². The summed E-state index contributed by atoms with van der Waals surface area (Å²) in [6.45, 7) is 1.83. The van der Waals surface area contributed by atoms with Crippen molar-refractivity contribution in [3.05, 3.63) is 46.2 Å². The number of aromatic nitrogens is 2. The maximum absolute atomic E-state index is 12.5. The third-order valence-electron chi connectivity index (χ3n) is 2.65. The molecule has 0 saturated heterocycles. The lowest BCUT2D eigenvalue weighted by atomic mass is 10.1. The molecule has 0 spiro atoms. The summed E-state index contributed by atoms with van der Waals surface area (Å²) in [4.78, 5) is 0. The second-order valence-electron chi connectivity index (χ2n) is 4.17. The van der Waals surface area contributed by atoms with Crippen molar-refractivity contribution < 1.29 is 13.2 Å². The fourth-order valence-corrected chi connectivity index (χ4v) is 2.37. The van der Waals surface area contributed by atoms with Crippen LogP contribution >= 0.6 is 15.9 Å². The van der Waals surface area contributed by atoms with Gasteiger partial charge in [-0.1, -0.05) is 22.0 Å². The fourth-order valence-electron chi connectivity index (χ4n) is 1.64. The van der Waals surface area contributed by atoms with Crippen molar-refractivity contribution in [1.29, 1.82) is 0 Å². The van der Waals surface area contributed by atoms with Gasteiger partial charge in [0.1, 0.15) is 0 Å². The molecule has 0 fully saturated rings. The minimum absolute atomic E-state index is 0.160. The van der Waals surface area contributed by atoms with Crippen LogP contribution in [-0.4, -0.2) is 9.78 Å². The van der Waals surface area contributed by atoms with E-state index < -0.39 is 11.7 Å². The zero-order valence-electron chi connectivity index (χ0n) is 9.95. The van der Waals surface area contributed by atoms with Gasteiger partial charge in [-0.2, -0.15) is 18.3 Å². The van der Waals surface area contributed by atoms with Crippen LogP contribution in [0.4, 0.5) is 13.2 Å². The van der Waals surface area contributed by atoms with Gasteiger partial charge in [-0.25, -0.2) is 4.68 Å². The normalized spacial score (nSPS) is 13.6. The van der Waals surface area contributed by atoms with Crippen molar-refractivity contribution in [2.24, 2.45) is 5.73 Å². The Balaban J connectivity index is 2.38. The minimum atomic E-state index is -4.39. The number of alkyl halides is 3. The lowest BCUT2D eigenvalue weighted by molar-refractivity contribution is -0.137. The molecule has 19 heavy (non-hydrogen) atoms. The van der Waals surface area contributed by atoms with Crippen molar-refractivity contribution in [2.75, 3.05) is 0 Å². The summed E-state index contributed by atoms with van der Waals surface area (Å²) < 4.78 is 39.4. The zero-order chi connectivity index (χ0) is 14.2. The number of nitrogens with two attached hydrogens (primary N) is 1. The number of benzene rings is 1. The molecule has 0 aliphatic heterocycles. The average molecular weight is 334 g/mol. The molecule has 7 heteroatoms. The Kier molecular flexibility index (Phi) is 3.69. The van der Waals surface area contributed by atoms with Gasteiger partial charge in [0.25, 0.3) is 0 Å². The Morgan fingerprint density at radius 2 is 2.05 bits per heavy atom. The molecule has 0 aliphatic carbocycles. The summed E-state index contributed by atoms with van der Waals surface area (Å²) in [7, 11) is 0. The summed E-state index contributed by atoms with van der Waals surface area (Å²) >= 11 is 3.35. The molecule has 0 unspecified atom stereocenters. The topological polar surface area (TPSA) is 43.8 Å². The summed E-state index contributed by atoms with van der Waals surface area (Å²) in [6.07, 6.45) is -2.64. The Morgan fingerprint density at radius 3 is 2.53 bits per heavy atom. The molecule has 0 amide bonds. The maximum Gasteiger partial charge on any atom is 0.419 e. The number of rotatable bonds is 2. The smallest absolute Gasteiger partial charge is 0.324 e. The molecule has 2 N–H and O–H groups in total. The van der Waals surface area contributed by atoms with Crippen molar-refractivity contribution in [3.8, 4) is 5.69 Å². The molecule has 3 nitrogen and oxygen atoms in total. The van der Waals surface area contributed by atoms with Crippen LogP contribution in [0.15, 0.2) is 35.1 Å². The first-order valence-electron chi connectivity index (χ1n) is 5.46. The average Bonchev–Trinajstić information content (AvgIpc) is 2.76. The van der Waals surface area contributed by atoms with Crippen LogP contribution in [0, 0.1) is 0 Å². The van der Waals surface area contributed by atoms with Crippen molar-refractivity contribution in [1.82, 2.24) is 9.78 Å². The Hall–Kier alpha value is -1.34. The fraction of sp³-hybridized carbons (Fsp3) is 0.250. The van der Waals surface area contributed by atoms with Crippen LogP contribution in [0.1, 0.15) is 24.1 Å². The lowest BCUT2D eigenvalue weighted by Crippen LogP contribution is -2.06. The standard InChI is InChI=1S/C12H11BrF3N3/c1-7(17)10-3-2-9(4-11(10)13)19-6-8(5-18-19)12(14,15)16/h2-7H,17H2,1H3/t7-/m1/s1. The Bertz CT molecular complexity index is 590. The van der Waals surface area contributed by atoms with Crippen molar-refractivity contribution in [3.63, 3.8) is 0 Å². The largest absolute Gasteiger partial charge is 0.419 e. The third kappa shape index (κ3) is 2.98. The van der Waals surface area contributed by atoms with Crippen molar-refractivity contribution >= 4 is 15.9 Å². The zero-order valence-corrected chi connectivity index (χ0v) is 11.5. The van der Waals surface area contributed by atoms with Crippen LogP contribution in [0.2, 0.25) is 0 Å². The first kappa shape index (κ1) is 14.1. The Morgan fingerprint density at radius 1 is 1.37 bits per heavy atom. The molecular formula is C12H11BrF3N3. The molecule has 1 aromatic heterocycles. The Labute approximate surface area is 116 Å². The van der Waals surface area contributed by atoms with Gasteiger partial charge in [0.05, 0.1) is 17.4 Å². The quantitative estimate of drug-likeness (QED) is 0.911. The SMILES string of the molecule is C[C@@H](N)c1ccc(-n2cc(C(F)(F)F)cn2)cc1Br. The van der Waals surface area contributed by atoms with E-state index in [1.807, 2.05) is 6.92 Å². The first-order valence-corrected chi connectivity index (χ1v) is 6.25.